The zero-order chi connectivity index (χ0) is 22.6. The van der Waals surface area contributed by atoms with Gasteiger partial charge in [-0.15, -0.1) is 0 Å². The number of piperidine rings is 1. The maximum Gasteiger partial charge on any atom is 0.410 e. The van der Waals surface area contributed by atoms with Crippen molar-refractivity contribution in [3.63, 3.8) is 0 Å². The van der Waals surface area contributed by atoms with Crippen LogP contribution in [0.15, 0.2) is 30.3 Å². The molecule has 1 heterocycles. The number of carbonyl (C=O) groups is 3. The number of hydrogen-bond donors (Lipinski definition) is 2. The van der Waals surface area contributed by atoms with E-state index in [4.69, 9.17) is 9.47 Å². The van der Waals surface area contributed by atoms with Gasteiger partial charge in [0.15, 0.2) is 0 Å². The Morgan fingerprint density at radius 3 is 2.33 bits per heavy atom. The molecule has 0 aromatic heterocycles. The van der Waals surface area contributed by atoms with Crippen LogP contribution in [0.2, 0.25) is 0 Å². The first kappa shape index (κ1) is 23.5. The Morgan fingerprint density at radius 2 is 1.80 bits per heavy atom. The van der Waals surface area contributed by atoms with Crippen LogP contribution in [-0.2, 0) is 20.9 Å². The molecule has 0 radical (unpaired) electrons. The van der Waals surface area contributed by atoms with Crippen molar-refractivity contribution in [3.05, 3.63) is 35.9 Å². The molecule has 30 heavy (non-hydrogen) atoms. The molecular formula is C22H32N2O6. The summed E-state index contributed by atoms with van der Waals surface area (Å²) in [6.07, 6.45) is -1.14. The monoisotopic (exact) mass is 420 g/mol. The molecule has 1 aliphatic rings. The van der Waals surface area contributed by atoms with E-state index in [2.05, 4.69) is 5.32 Å². The number of carboxylic acids is 1. The fraction of sp³-hybridized carbons (Fsp3) is 0.591. The molecule has 1 fully saturated rings. The molecular weight excluding hydrogens is 388 g/mol. The van der Waals surface area contributed by atoms with Gasteiger partial charge in [-0.25, -0.2) is 9.59 Å². The highest BCUT2D eigenvalue weighted by molar-refractivity contribution is 5.74. The van der Waals surface area contributed by atoms with Gasteiger partial charge in [0.2, 0.25) is 0 Å². The lowest BCUT2D eigenvalue weighted by Gasteiger charge is -2.52. The molecule has 2 rings (SSSR count). The molecule has 2 amide bonds. The van der Waals surface area contributed by atoms with Gasteiger partial charge >= 0.3 is 18.2 Å². The van der Waals surface area contributed by atoms with Gasteiger partial charge in [0.05, 0.1) is 12.0 Å². The molecule has 1 unspecified atom stereocenters. The van der Waals surface area contributed by atoms with Gasteiger partial charge in [-0.1, -0.05) is 44.2 Å². The molecule has 0 saturated carbocycles. The zero-order valence-corrected chi connectivity index (χ0v) is 18.4. The third-order valence-electron chi connectivity index (χ3n) is 5.35. The molecule has 1 aliphatic heterocycles. The SMILES string of the molecule is CC(C)(C)OC(=O)N1CCC(CC(=O)O)(NC(=O)OCc2ccccc2)C(C)(C)C1. The summed E-state index contributed by atoms with van der Waals surface area (Å²) in [5.74, 6) is -1.03. The lowest BCUT2D eigenvalue weighted by molar-refractivity contribution is -0.141. The minimum absolute atomic E-state index is 0.0836. The second kappa shape index (κ2) is 8.93. The maximum atomic E-state index is 12.5. The molecule has 2 N–H and O–H groups in total. The number of hydrogen-bond acceptors (Lipinski definition) is 5. The van der Waals surface area contributed by atoms with Gasteiger partial charge in [0.25, 0.3) is 0 Å². The smallest absolute Gasteiger partial charge is 0.410 e. The third-order valence-corrected chi connectivity index (χ3v) is 5.35. The molecule has 0 spiro atoms. The largest absolute Gasteiger partial charge is 0.481 e. The summed E-state index contributed by atoms with van der Waals surface area (Å²) >= 11 is 0. The van der Waals surface area contributed by atoms with E-state index < -0.39 is 34.7 Å². The van der Waals surface area contributed by atoms with E-state index >= 15 is 0 Å². The van der Waals surface area contributed by atoms with Gasteiger partial charge in [-0.05, 0) is 32.8 Å². The zero-order valence-electron chi connectivity index (χ0n) is 18.4. The summed E-state index contributed by atoms with van der Waals surface area (Å²) in [4.78, 5) is 38.2. The van der Waals surface area contributed by atoms with E-state index in [0.29, 0.717) is 0 Å². The third kappa shape index (κ3) is 6.11. The summed E-state index contributed by atoms with van der Waals surface area (Å²) in [6.45, 7) is 9.64. The fourth-order valence-electron chi connectivity index (χ4n) is 3.67. The highest BCUT2D eigenvalue weighted by Crippen LogP contribution is 2.41. The summed E-state index contributed by atoms with van der Waals surface area (Å²) < 4.78 is 10.8. The molecule has 166 valence electrons. The van der Waals surface area contributed by atoms with Crippen molar-refractivity contribution in [3.8, 4) is 0 Å². The van der Waals surface area contributed by atoms with Crippen LogP contribution in [0.1, 0.15) is 53.0 Å². The van der Waals surface area contributed by atoms with E-state index in [1.807, 2.05) is 44.2 Å². The molecule has 0 aliphatic carbocycles. The van der Waals surface area contributed by atoms with Crippen molar-refractivity contribution >= 4 is 18.2 Å². The number of alkyl carbamates (subject to hydrolysis) is 1. The molecule has 1 atom stereocenters. The number of amides is 2. The number of rotatable bonds is 5. The van der Waals surface area contributed by atoms with Crippen molar-refractivity contribution in [1.82, 2.24) is 10.2 Å². The van der Waals surface area contributed by atoms with E-state index in [1.54, 1.807) is 25.7 Å². The van der Waals surface area contributed by atoms with Crippen LogP contribution in [0.3, 0.4) is 0 Å². The Kier molecular flexibility index (Phi) is 7.00. The van der Waals surface area contributed by atoms with Crippen molar-refractivity contribution in [1.29, 1.82) is 0 Å². The normalized spacial score (nSPS) is 20.9. The summed E-state index contributed by atoms with van der Waals surface area (Å²) in [5, 5.41) is 12.3. The predicted molar refractivity (Wildman–Crippen MR) is 111 cm³/mol. The first-order valence-corrected chi connectivity index (χ1v) is 10.0. The van der Waals surface area contributed by atoms with Crippen LogP contribution in [0.5, 0.6) is 0 Å². The first-order valence-electron chi connectivity index (χ1n) is 10.0. The average molecular weight is 421 g/mol. The lowest BCUT2D eigenvalue weighted by Crippen LogP contribution is -2.67. The number of nitrogens with one attached hydrogen (secondary N) is 1. The Bertz CT molecular complexity index is 772. The van der Waals surface area contributed by atoms with Crippen LogP contribution in [-0.4, -0.2) is 52.4 Å². The van der Waals surface area contributed by atoms with E-state index in [0.717, 1.165) is 5.56 Å². The quantitative estimate of drug-likeness (QED) is 0.751. The van der Waals surface area contributed by atoms with Crippen LogP contribution in [0.25, 0.3) is 0 Å². The van der Waals surface area contributed by atoms with Gasteiger partial charge in [0, 0.05) is 18.5 Å². The number of carbonyl (C=O) groups excluding carboxylic acids is 2. The van der Waals surface area contributed by atoms with Gasteiger partial charge in [-0.2, -0.15) is 0 Å². The predicted octanol–water partition coefficient (Wildman–Crippen LogP) is 3.79. The minimum atomic E-state index is -1.06. The van der Waals surface area contributed by atoms with E-state index in [-0.39, 0.29) is 32.5 Å². The van der Waals surface area contributed by atoms with E-state index in [9.17, 15) is 19.5 Å². The van der Waals surface area contributed by atoms with E-state index in [1.165, 1.54) is 0 Å². The Labute approximate surface area is 177 Å². The Hall–Kier alpha value is -2.77. The van der Waals surface area contributed by atoms with Gasteiger partial charge in [-0.3, -0.25) is 4.79 Å². The number of nitrogens with zero attached hydrogens (tertiary/aromatic N) is 1. The van der Waals surface area contributed by atoms with Gasteiger partial charge < -0.3 is 24.8 Å². The van der Waals surface area contributed by atoms with Crippen LogP contribution < -0.4 is 5.32 Å². The Morgan fingerprint density at radius 1 is 1.17 bits per heavy atom. The molecule has 1 aromatic rings. The summed E-state index contributed by atoms with van der Waals surface area (Å²) in [7, 11) is 0. The topological polar surface area (TPSA) is 105 Å². The molecule has 0 bridgehead atoms. The van der Waals surface area contributed by atoms with Crippen LogP contribution in [0.4, 0.5) is 9.59 Å². The average Bonchev–Trinajstić information content (AvgIpc) is 2.61. The second-order valence-electron chi connectivity index (χ2n) is 9.38. The standard InChI is InChI=1S/C22H32N2O6/c1-20(2,3)30-19(28)24-12-11-22(13-17(25)26,21(4,5)15-24)23-18(27)29-14-16-9-7-6-8-10-16/h6-10H,11-15H2,1-5H3,(H,23,27)(H,25,26). The number of ether oxygens (including phenoxy) is 2. The fourth-order valence-corrected chi connectivity index (χ4v) is 3.67. The number of benzene rings is 1. The molecule has 1 saturated heterocycles. The molecule has 8 nitrogen and oxygen atoms in total. The summed E-state index contributed by atoms with van der Waals surface area (Å²) in [5.41, 5.74) is -1.59. The highest BCUT2D eigenvalue weighted by atomic mass is 16.6. The first-order chi connectivity index (χ1) is 13.8. The van der Waals surface area contributed by atoms with Crippen LogP contribution in [0, 0.1) is 5.41 Å². The number of likely N-dealkylation sites (tertiary alicyclic amines) is 1. The maximum absolute atomic E-state index is 12.5. The summed E-state index contributed by atoms with van der Waals surface area (Å²) in [6, 6.07) is 9.23. The van der Waals surface area contributed by atoms with Crippen molar-refractivity contribution in [2.45, 2.75) is 65.2 Å². The highest BCUT2D eigenvalue weighted by Gasteiger charge is 2.52. The van der Waals surface area contributed by atoms with Crippen molar-refractivity contribution in [2.24, 2.45) is 5.41 Å². The second-order valence-corrected chi connectivity index (χ2v) is 9.38. The van der Waals surface area contributed by atoms with Crippen molar-refractivity contribution < 1.29 is 29.0 Å². The lowest BCUT2D eigenvalue weighted by atomic mass is 9.65. The van der Waals surface area contributed by atoms with Gasteiger partial charge in [0.1, 0.15) is 12.2 Å². The number of aliphatic carboxylic acids is 1. The molecule has 1 aromatic carbocycles. The van der Waals surface area contributed by atoms with Crippen LogP contribution >= 0.6 is 0 Å². The van der Waals surface area contributed by atoms with Crippen molar-refractivity contribution in [2.75, 3.05) is 13.1 Å². The molecule has 8 heteroatoms. The number of carboxylic acid groups (broad SMARTS) is 1. The Balaban J connectivity index is 2.12. The minimum Gasteiger partial charge on any atom is -0.481 e.